The molecule has 0 fully saturated rings. The van der Waals surface area contributed by atoms with Gasteiger partial charge in [-0.2, -0.15) is 5.10 Å². The first-order chi connectivity index (χ1) is 11.5. The Morgan fingerprint density at radius 2 is 1.88 bits per heavy atom. The molecule has 0 atom stereocenters. The molecule has 0 spiro atoms. The van der Waals surface area contributed by atoms with E-state index in [4.69, 9.17) is 0 Å². The normalized spacial score (nSPS) is 10.6. The van der Waals surface area contributed by atoms with Gasteiger partial charge in [0.15, 0.2) is 0 Å². The number of hydrogen-bond donors (Lipinski definition) is 0. The molecule has 3 aromatic rings. The molecular formula is C20H21N3O. The first-order valence-electron chi connectivity index (χ1n) is 7.96. The Morgan fingerprint density at radius 1 is 1.12 bits per heavy atom. The monoisotopic (exact) mass is 319 g/mol. The Hall–Kier alpha value is -2.88. The van der Waals surface area contributed by atoms with Crippen LogP contribution in [0.15, 0.2) is 60.9 Å². The summed E-state index contributed by atoms with van der Waals surface area (Å²) in [6.45, 7) is 4.53. The van der Waals surface area contributed by atoms with Gasteiger partial charge in [0.2, 0.25) is 0 Å². The summed E-state index contributed by atoms with van der Waals surface area (Å²) < 4.78 is 1.82. The summed E-state index contributed by atoms with van der Waals surface area (Å²) in [5, 5.41) is 4.38. The number of amides is 1. The smallest absolute Gasteiger partial charge is 0.254 e. The van der Waals surface area contributed by atoms with Crippen LogP contribution in [0, 0.1) is 13.8 Å². The lowest BCUT2D eigenvalue weighted by atomic mass is 10.0. The van der Waals surface area contributed by atoms with Crippen LogP contribution in [0.5, 0.6) is 0 Å². The van der Waals surface area contributed by atoms with Crippen LogP contribution in [0.4, 0.5) is 0 Å². The van der Waals surface area contributed by atoms with Crippen molar-refractivity contribution in [3.63, 3.8) is 0 Å². The van der Waals surface area contributed by atoms with E-state index < -0.39 is 0 Å². The van der Waals surface area contributed by atoms with Crippen molar-refractivity contribution in [3.05, 3.63) is 83.2 Å². The van der Waals surface area contributed by atoms with Gasteiger partial charge in [0.1, 0.15) is 0 Å². The zero-order chi connectivity index (χ0) is 17.1. The highest BCUT2D eigenvalue weighted by atomic mass is 16.2. The van der Waals surface area contributed by atoms with Gasteiger partial charge < -0.3 is 4.90 Å². The van der Waals surface area contributed by atoms with E-state index in [1.807, 2.05) is 80.3 Å². The maximum absolute atomic E-state index is 12.7. The van der Waals surface area contributed by atoms with E-state index in [-0.39, 0.29) is 5.91 Å². The SMILES string of the molecule is Cc1ccc(C(=O)N(C)Cc2cnn(-c3ccccc3)c2)c(C)c1. The molecule has 2 aromatic carbocycles. The lowest BCUT2D eigenvalue weighted by Gasteiger charge is -2.17. The maximum atomic E-state index is 12.7. The second-order valence-corrected chi connectivity index (χ2v) is 6.11. The van der Waals surface area contributed by atoms with Crippen molar-refractivity contribution in [1.29, 1.82) is 0 Å². The number of para-hydroxylation sites is 1. The Kier molecular flexibility index (Phi) is 4.47. The summed E-state index contributed by atoms with van der Waals surface area (Å²) in [5.74, 6) is 0.0277. The topological polar surface area (TPSA) is 38.1 Å². The molecule has 0 bridgehead atoms. The highest BCUT2D eigenvalue weighted by molar-refractivity contribution is 5.95. The van der Waals surface area contributed by atoms with Crippen molar-refractivity contribution in [3.8, 4) is 5.69 Å². The molecule has 1 heterocycles. The zero-order valence-corrected chi connectivity index (χ0v) is 14.2. The molecule has 122 valence electrons. The number of hydrogen-bond acceptors (Lipinski definition) is 2. The lowest BCUT2D eigenvalue weighted by molar-refractivity contribution is 0.0784. The average molecular weight is 319 g/mol. The van der Waals surface area contributed by atoms with E-state index in [1.54, 1.807) is 11.1 Å². The molecule has 3 rings (SSSR count). The molecule has 1 aromatic heterocycles. The first kappa shape index (κ1) is 16.0. The number of nitrogens with zero attached hydrogens (tertiary/aromatic N) is 3. The fourth-order valence-electron chi connectivity index (χ4n) is 2.77. The number of benzene rings is 2. The highest BCUT2D eigenvalue weighted by Crippen LogP contribution is 2.15. The molecule has 0 unspecified atom stereocenters. The van der Waals surface area contributed by atoms with Gasteiger partial charge in [0.05, 0.1) is 11.9 Å². The van der Waals surface area contributed by atoms with E-state index in [9.17, 15) is 4.79 Å². The standard InChI is InChI=1S/C20H21N3O/c1-15-9-10-19(16(2)11-15)20(24)22(3)13-17-12-21-23(14-17)18-7-5-4-6-8-18/h4-12,14H,13H2,1-3H3. The summed E-state index contributed by atoms with van der Waals surface area (Å²) in [5.41, 5.74) is 4.92. The fourth-order valence-corrected chi connectivity index (χ4v) is 2.77. The Bertz CT molecular complexity index is 852. The van der Waals surface area contributed by atoms with Crippen LogP contribution in [-0.4, -0.2) is 27.6 Å². The largest absolute Gasteiger partial charge is 0.337 e. The first-order valence-corrected chi connectivity index (χ1v) is 7.96. The summed E-state index contributed by atoms with van der Waals surface area (Å²) in [6, 6.07) is 15.8. The molecule has 24 heavy (non-hydrogen) atoms. The van der Waals surface area contributed by atoms with Gasteiger partial charge in [0.25, 0.3) is 5.91 Å². The molecule has 4 nitrogen and oxygen atoms in total. The van der Waals surface area contributed by atoms with Gasteiger partial charge in [-0.15, -0.1) is 0 Å². The molecule has 0 aliphatic carbocycles. The molecular weight excluding hydrogens is 298 g/mol. The second kappa shape index (κ2) is 6.71. The number of aromatic nitrogens is 2. The minimum Gasteiger partial charge on any atom is -0.337 e. The van der Waals surface area contributed by atoms with E-state index >= 15 is 0 Å². The number of rotatable bonds is 4. The quantitative estimate of drug-likeness (QED) is 0.734. The number of aryl methyl sites for hydroxylation is 2. The molecule has 0 aliphatic heterocycles. The van der Waals surface area contributed by atoms with E-state index in [0.29, 0.717) is 6.54 Å². The molecule has 1 amide bonds. The summed E-state index contributed by atoms with van der Waals surface area (Å²) in [7, 11) is 1.82. The van der Waals surface area contributed by atoms with Crippen LogP contribution >= 0.6 is 0 Å². The van der Waals surface area contributed by atoms with Crippen LogP contribution in [0.3, 0.4) is 0 Å². The highest BCUT2D eigenvalue weighted by Gasteiger charge is 2.15. The molecule has 4 heteroatoms. The predicted molar refractivity (Wildman–Crippen MR) is 95.3 cm³/mol. The van der Waals surface area contributed by atoms with Crippen molar-refractivity contribution in [2.45, 2.75) is 20.4 Å². The molecule has 0 N–H and O–H groups in total. The van der Waals surface area contributed by atoms with E-state index in [1.165, 1.54) is 0 Å². The number of carbonyl (C=O) groups is 1. The third-order valence-corrected chi connectivity index (χ3v) is 4.04. The Balaban J connectivity index is 1.74. The predicted octanol–water partition coefficient (Wildman–Crippen LogP) is 3.76. The van der Waals surface area contributed by atoms with Crippen molar-refractivity contribution in [1.82, 2.24) is 14.7 Å². The van der Waals surface area contributed by atoms with Gasteiger partial charge in [-0.1, -0.05) is 35.9 Å². The van der Waals surface area contributed by atoms with Crippen molar-refractivity contribution < 1.29 is 4.79 Å². The molecule has 0 radical (unpaired) electrons. The lowest BCUT2D eigenvalue weighted by Crippen LogP contribution is -2.26. The van der Waals surface area contributed by atoms with E-state index in [2.05, 4.69) is 5.10 Å². The van der Waals surface area contributed by atoms with E-state index in [0.717, 1.165) is 27.9 Å². The number of carbonyl (C=O) groups excluding carboxylic acids is 1. The van der Waals surface area contributed by atoms with Crippen molar-refractivity contribution >= 4 is 5.91 Å². The fraction of sp³-hybridized carbons (Fsp3) is 0.200. The zero-order valence-electron chi connectivity index (χ0n) is 14.2. The Morgan fingerprint density at radius 3 is 2.58 bits per heavy atom. The van der Waals surface area contributed by atoms with Crippen LogP contribution in [0.2, 0.25) is 0 Å². The molecule has 0 saturated heterocycles. The van der Waals surface area contributed by atoms with Crippen LogP contribution in [0.25, 0.3) is 5.69 Å². The molecule has 0 saturated carbocycles. The Labute approximate surface area is 142 Å². The van der Waals surface area contributed by atoms with Gasteiger partial charge in [-0.05, 0) is 37.6 Å². The van der Waals surface area contributed by atoms with Crippen LogP contribution in [-0.2, 0) is 6.54 Å². The average Bonchev–Trinajstić information content (AvgIpc) is 3.03. The van der Waals surface area contributed by atoms with Crippen LogP contribution in [0.1, 0.15) is 27.0 Å². The van der Waals surface area contributed by atoms with Gasteiger partial charge in [-0.25, -0.2) is 4.68 Å². The van der Waals surface area contributed by atoms with Gasteiger partial charge >= 0.3 is 0 Å². The molecule has 0 aliphatic rings. The summed E-state index contributed by atoms with van der Waals surface area (Å²) >= 11 is 0. The van der Waals surface area contributed by atoms with Gasteiger partial charge in [-0.3, -0.25) is 4.79 Å². The van der Waals surface area contributed by atoms with Gasteiger partial charge in [0, 0.05) is 30.9 Å². The maximum Gasteiger partial charge on any atom is 0.254 e. The third-order valence-electron chi connectivity index (χ3n) is 4.04. The summed E-state index contributed by atoms with van der Waals surface area (Å²) in [6.07, 6.45) is 3.76. The van der Waals surface area contributed by atoms with Crippen LogP contribution < -0.4 is 0 Å². The van der Waals surface area contributed by atoms with Crippen molar-refractivity contribution in [2.75, 3.05) is 7.05 Å². The summed E-state index contributed by atoms with van der Waals surface area (Å²) in [4.78, 5) is 14.4. The minimum atomic E-state index is 0.0277. The van der Waals surface area contributed by atoms with Crippen molar-refractivity contribution in [2.24, 2.45) is 0 Å². The second-order valence-electron chi connectivity index (χ2n) is 6.11. The minimum absolute atomic E-state index is 0.0277. The third kappa shape index (κ3) is 3.38.